The van der Waals surface area contributed by atoms with Crippen molar-refractivity contribution in [1.29, 1.82) is 0 Å². The van der Waals surface area contributed by atoms with Crippen molar-refractivity contribution in [1.82, 2.24) is 4.98 Å². The highest BCUT2D eigenvalue weighted by Crippen LogP contribution is 2.29. The standard InChI is InChI=1S/C18H19N3/c1-3-13-6-4-5-7-16(13)21-18-10-12(2)20-17-9-8-14(19)11-15(17)18/h4-11H,3,19H2,1-2H3,(H,20,21). The Balaban J connectivity index is 2.13. The fourth-order valence-electron chi connectivity index (χ4n) is 2.57. The van der Waals surface area contributed by atoms with Gasteiger partial charge in [0.25, 0.3) is 0 Å². The van der Waals surface area contributed by atoms with Crippen LogP contribution in [-0.4, -0.2) is 4.98 Å². The Labute approximate surface area is 124 Å². The van der Waals surface area contributed by atoms with Crippen LogP contribution in [0.1, 0.15) is 18.2 Å². The van der Waals surface area contributed by atoms with Gasteiger partial charge in [0.1, 0.15) is 0 Å². The molecule has 0 aliphatic heterocycles. The lowest BCUT2D eigenvalue weighted by atomic mass is 10.1. The van der Waals surface area contributed by atoms with Crippen molar-refractivity contribution in [3.63, 3.8) is 0 Å². The van der Waals surface area contributed by atoms with E-state index in [1.54, 1.807) is 0 Å². The zero-order chi connectivity index (χ0) is 14.8. The molecule has 0 saturated heterocycles. The van der Waals surface area contributed by atoms with E-state index in [4.69, 9.17) is 5.73 Å². The quantitative estimate of drug-likeness (QED) is 0.696. The molecule has 3 N–H and O–H groups in total. The second kappa shape index (κ2) is 5.44. The van der Waals surface area contributed by atoms with Crippen LogP contribution in [0.5, 0.6) is 0 Å². The molecule has 3 aromatic rings. The zero-order valence-corrected chi connectivity index (χ0v) is 12.4. The zero-order valence-electron chi connectivity index (χ0n) is 12.4. The van der Waals surface area contributed by atoms with E-state index in [0.717, 1.165) is 40.1 Å². The van der Waals surface area contributed by atoms with Gasteiger partial charge in [-0.3, -0.25) is 4.98 Å². The molecular formula is C18H19N3. The van der Waals surface area contributed by atoms with Crippen molar-refractivity contribution >= 4 is 28.0 Å². The summed E-state index contributed by atoms with van der Waals surface area (Å²) in [5, 5.41) is 4.59. The second-order valence-electron chi connectivity index (χ2n) is 5.22. The highest BCUT2D eigenvalue weighted by molar-refractivity contribution is 5.95. The van der Waals surface area contributed by atoms with Crippen molar-refractivity contribution in [3.8, 4) is 0 Å². The molecule has 3 heteroatoms. The van der Waals surface area contributed by atoms with Gasteiger partial charge in [0.15, 0.2) is 0 Å². The van der Waals surface area contributed by atoms with Gasteiger partial charge in [0.2, 0.25) is 0 Å². The molecule has 0 fully saturated rings. The van der Waals surface area contributed by atoms with Crippen molar-refractivity contribution in [2.75, 3.05) is 11.1 Å². The Hall–Kier alpha value is -2.55. The van der Waals surface area contributed by atoms with Gasteiger partial charge in [-0.2, -0.15) is 0 Å². The minimum atomic E-state index is 0.750. The minimum Gasteiger partial charge on any atom is -0.399 e. The van der Waals surface area contributed by atoms with Crippen LogP contribution in [0.3, 0.4) is 0 Å². The molecule has 3 rings (SSSR count). The number of nitrogens with zero attached hydrogens (tertiary/aromatic N) is 1. The van der Waals surface area contributed by atoms with E-state index >= 15 is 0 Å². The van der Waals surface area contributed by atoms with Gasteiger partial charge < -0.3 is 11.1 Å². The average molecular weight is 277 g/mol. The van der Waals surface area contributed by atoms with Crippen LogP contribution in [-0.2, 0) is 6.42 Å². The molecule has 21 heavy (non-hydrogen) atoms. The van der Waals surface area contributed by atoms with Crippen LogP contribution in [0.4, 0.5) is 17.1 Å². The fourth-order valence-corrected chi connectivity index (χ4v) is 2.57. The third-order valence-electron chi connectivity index (χ3n) is 3.63. The number of hydrogen-bond acceptors (Lipinski definition) is 3. The molecule has 0 saturated carbocycles. The van der Waals surface area contributed by atoms with Crippen molar-refractivity contribution in [2.24, 2.45) is 0 Å². The molecule has 1 heterocycles. The van der Waals surface area contributed by atoms with Crippen molar-refractivity contribution < 1.29 is 0 Å². The maximum absolute atomic E-state index is 5.92. The molecule has 0 atom stereocenters. The molecule has 0 unspecified atom stereocenters. The first-order valence-electron chi connectivity index (χ1n) is 7.19. The molecule has 1 aromatic heterocycles. The first-order valence-corrected chi connectivity index (χ1v) is 7.19. The number of benzene rings is 2. The summed E-state index contributed by atoms with van der Waals surface area (Å²) in [5.41, 5.74) is 12.1. The average Bonchev–Trinajstić information content (AvgIpc) is 2.48. The number of para-hydroxylation sites is 1. The highest BCUT2D eigenvalue weighted by Gasteiger charge is 2.07. The number of anilines is 3. The minimum absolute atomic E-state index is 0.750. The summed E-state index contributed by atoms with van der Waals surface area (Å²) < 4.78 is 0. The van der Waals surface area contributed by atoms with Crippen molar-refractivity contribution in [2.45, 2.75) is 20.3 Å². The van der Waals surface area contributed by atoms with E-state index in [1.807, 2.05) is 31.2 Å². The molecule has 0 spiro atoms. The number of fused-ring (bicyclic) bond motifs is 1. The highest BCUT2D eigenvalue weighted by atomic mass is 14.9. The summed E-state index contributed by atoms with van der Waals surface area (Å²) in [4.78, 5) is 4.57. The SMILES string of the molecule is CCc1ccccc1Nc1cc(C)nc2ccc(N)cc12. The summed E-state index contributed by atoms with van der Waals surface area (Å²) in [7, 11) is 0. The Kier molecular flexibility index (Phi) is 3.48. The number of aryl methyl sites for hydroxylation is 2. The van der Waals surface area contributed by atoms with Gasteiger partial charge in [0, 0.05) is 28.1 Å². The van der Waals surface area contributed by atoms with Crippen LogP contribution < -0.4 is 11.1 Å². The van der Waals surface area contributed by atoms with Crippen molar-refractivity contribution in [3.05, 3.63) is 59.8 Å². The number of nitrogens with one attached hydrogen (secondary N) is 1. The maximum atomic E-state index is 5.92. The van der Waals surface area contributed by atoms with Gasteiger partial charge in [-0.15, -0.1) is 0 Å². The third kappa shape index (κ3) is 2.68. The van der Waals surface area contributed by atoms with E-state index in [0.29, 0.717) is 0 Å². The molecular weight excluding hydrogens is 258 g/mol. The first-order chi connectivity index (χ1) is 10.2. The van der Waals surface area contributed by atoms with E-state index in [9.17, 15) is 0 Å². The summed E-state index contributed by atoms with van der Waals surface area (Å²) in [6.07, 6.45) is 0.993. The van der Waals surface area contributed by atoms with Gasteiger partial charge in [-0.05, 0) is 49.2 Å². The molecule has 106 valence electrons. The number of pyridine rings is 1. The number of nitrogens with two attached hydrogens (primary N) is 1. The summed E-state index contributed by atoms with van der Waals surface area (Å²) >= 11 is 0. The smallest absolute Gasteiger partial charge is 0.0727 e. The lowest BCUT2D eigenvalue weighted by Crippen LogP contribution is -1.98. The van der Waals surface area contributed by atoms with Crippen LogP contribution in [0.25, 0.3) is 10.9 Å². The predicted octanol–water partition coefficient (Wildman–Crippen LogP) is 4.43. The van der Waals surface area contributed by atoms with Gasteiger partial charge >= 0.3 is 0 Å². The lowest BCUT2D eigenvalue weighted by molar-refractivity contribution is 1.14. The van der Waals surface area contributed by atoms with E-state index in [2.05, 4.69) is 41.5 Å². The molecule has 0 aliphatic carbocycles. The number of aromatic nitrogens is 1. The summed E-state index contributed by atoms with van der Waals surface area (Å²) in [5.74, 6) is 0. The Morgan fingerprint density at radius 1 is 1.05 bits per heavy atom. The number of nitrogen functional groups attached to an aromatic ring is 1. The monoisotopic (exact) mass is 277 g/mol. The van der Waals surface area contributed by atoms with Crippen LogP contribution in [0.15, 0.2) is 48.5 Å². The third-order valence-corrected chi connectivity index (χ3v) is 3.63. The first kappa shape index (κ1) is 13.4. The largest absolute Gasteiger partial charge is 0.399 e. The number of rotatable bonds is 3. The molecule has 0 bridgehead atoms. The molecule has 2 aromatic carbocycles. The summed E-state index contributed by atoms with van der Waals surface area (Å²) in [6.45, 7) is 4.17. The fraction of sp³-hybridized carbons (Fsp3) is 0.167. The maximum Gasteiger partial charge on any atom is 0.0727 e. The Morgan fingerprint density at radius 2 is 1.86 bits per heavy atom. The molecule has 3 nitrogen and oxygen atoms in total. The molecule has 0 amide bonds. The number of hydrogen-bond donors (Lipinski definition) is 2. The lowest BCUT2D eigenvalue weighted by Gasteiger charge is -2.14. The molecule has 0 radical (unpaired) electrons. The van der Waals surface area contributed by atoms with Gasteiger partial charge in [0.05, 0.1) is 5.52 Å². The van der Waals surface area contributed by atoms with E-state index in [-0.39, 0.29) is 0 Å². The van der Waals surface area contributed by atoms with E-state index in [1.165, 1.54) is 5.56 Å². The second-order valence-corrected chi connectivity index (χ2v) is 5.22. The Bertz CT molecular complexity index is 794. The summed E-state index contributed by atoms with van der Waals surface area (Å²) in [6, 6.07) is 16.3. The van der Waals surface area contributed by atoms with Crippen LogP contribution in [0, 0.1) is 6.92 Å². The predicted molar refractivity (Wildman–Crippen MR) is 90.0 cm³/mol. The van der Waals surface area contributed by atoms with Crippen LogP contribution in [0.2, 0.25) is 0 Å². The van der Waals surface area contributed by atoms with Crippen LogP contribution >= 0.6 is 0 Å². The molecule has 0 aliphatic rings. The topological polar surface area (TPSA) is 50.9 Å². The Morgan fingerprint density at radius 3 is 2.67 bits per heavy atom. The van der Waals surface area contributed by atoms with Gasteiger partial charge in [-0.25, -0.2) is 0 Å². The normalized spacial score (nSPS) is 10.8. The van der Waals surface area contributed by atoms with Gasteiger partial charge in [-0.1, -0.05) is 25.1 Å². The van der Waals surface area contributed by atoms with E-state index < -0.39 is 0 Å².